The molecule has 2 unspecified atom stereocenters. The number of amidine groups is 1. The molecule has 0 aromatic carbocycles. The Kier molecular flexibility index (Phi) is 3.99. The molecule has 0 bridgehead atoms. The lowest BCUT2D eigenvalue weighted by atomic mass is 9.82. The molecule has 19 heavy (non-hydrogen) atoms. The van der Waals surface area contributed by atoms with E-state index in [4.69, 9.17) is 15.7 Å². The minimum absolute atomic E-state index is 0.0112. The van der Waals surface area contributed by atoms with E-state index in [1.165, 1.54) is 0 Å². The van der Waals surface area contributed by atoms with Crippen molar-refractivity contribution >= 4 is 11.7 Å². The highest BCUT2D eigenvalue weighted by Gasteiger charge is 2.49. The van der Waals surface area contributed by atoms with Crippen LogP contribution in [0.3, 0.4) is 0 Å². The van der Waals surface area contributed by atoms with Crippen LogP contribution in [-0.2, 0) is 9.53 Å². The molecule has 2 atom stereocenters. The number of hydrogen-bond donors (Lipinski definition) is 2. The van der Waals surface area contributed by atoms with Crippen LogP contribution in [0.25, 0.3) is 0 Å². The van der Waals surface area contributed by atoms with Crippen LogP contribution in [0.5, 0.6) is 0 Å². The van der Waals surface area contributed by atoms with Gasteiger partial charge >= 0.3 is 0 Å². The van der Waals surface area contributed by atoms with Crippen LogP contribution >= 0.6 is 0 Å². The van der Waals surface area contributed by atoms with Gasteiger partial charge in [0.25, 0.3) is 0 Å². The zero-order chi connectivity index (χ0) is 14.0. The van der Waals surface area contributed by atoms with Crippen LogP contribution in [0.1, 0.15) is 39.5 Å². The quantitative estimate of drug-likeness (QED) is 0.338. The summed E-state index contributed by atoms with van der Waals surface area (Å²) in [5.41, 5.74) is 5.02. The Balaban J connectivity index is 2.24. The molecule has 2 aliphatic rings. The van der Waals surface area contributed by atoms with Crippen LogP contribution in [0.15, 0.2) is 5.16 Å². The minimum atomic E-state index is -0.805. The van der Waals surface area contributed by atoms with Gasteiger partial charge in [-0.25, -0.2) is 0 Å². The molecule has 1 heterocycles. The number of nitrogens with two attached hydrogens (primary N) is 1. The molecule has 108 valence electrons. The van der Waals surface area contributed by atoms with E-state index in [0.29, 0.717) is 26.0 Å². The topological polar surface area (TPSA) is 88.2 Å². The van der Waals surface area contributed by atoms with E-state index in [9.17, 15) is 4.79 Å². The van der Waals surface area contributed by atoms with Crippen molar-refractivity contribution in [2.24, 2.45) is 16.3 Å². The fraction of sp³-hybridized carbons (Fsp3) is 0.846. The first-order valence-electron chi connectivity index (χ1n) is 6.92. The molecule has 1 saturated heterocycles. The molecule has 1 saturated carbocycles. The summed E-state index contributed by atoms with van der Waals surface area (Å²) in [7, 11) is 0. The largest absolute Gasteiger partial charge is 0.409 e. The predicted molar refractivity (Wildman–Crippen MR) is 70.9 cm³/mol. The van der Waals surface area contributed by atoms with E-state index in [1.54, 1.807) is 0 Å². The SMILES string of the molecule is CC1CN(C(=O)C2(/C(N)=N/O)CCCC2)C(C)CO1. The summed E-state index contributed by atoms with van der Waals surface area (Å²) in [4.78, 5) is 14.7. The third kappa shape index (κ3) is 2.41. The molecule has 0 radical (unpaired) electrons. The Morgan fingerprint density at radius 1 is 1.42 bits per heavy atom. The van der Waals surface area contributed by atoms with Gasteiger partial charge in [0.05, 0.1) is 18.8 Å². The smallest absolute Gasteiger partial charge is 0.236 e. The Labute approximate surface area is 113 Å². The second-order valence-corrected chi connectivity index (χ2v) is 5.72. The number of morpholine rings is 1. The van der Waals surface area contributed by atoms with Crippen molar-refractivity contribution < 1.29 is 14.7 Å². The van der Waals surface area contributed by atoms with Crippen molar-refractivity contribution in [3.63, 3.8) is 0 Å². The molecular formula is C13H23N3O3. The van der Waals surface area contributed by atoms with Crippen molar-refractivity contribution in [3.8, 4) is 0 Å². The molecule has 0 aromatic heterocycles. The second kappa shape index (κ2) is 5.36. The Hall–Kier alpha value is -1.30. The molecule has 6 heteroatoms. The fourth-order valence-corrected chi connectivity index (χ4v) is 3.11. The van der Waals surface area contributed by atoms with Gasteiger partial charge in [0.1, 0.15) is 5.41 Å². The Morgan fingerprint density at radius 2 is 2.05 bits per heavy atom. The monoisotopic (exact) mass is 269 g/mol. The summed E-state index contributed by atoms with van der Waals surface area (Å²) in [6, 6.07) is 0.0349. The first-order valence-corrected chi connectivity index (χ1v) is 6.92. The summed E-state index contributed by atoms with van der Waals surface area (Å²) in [5.74, 6) is 0.0456. The third-order valence-corrected chi connectivity index (χ3v) is 4.33. The van der Waals surface area contributed by atoms with Gasteiger partial charge in [0, 0.05) is 6.54 Å². The molecular weight excluding hydrogens is 246 g/mol. The van der Waals surface area contributed by atoms with Crippen LogP contribution < -0.4 is 5.73 Å². The summed E-state index contributed by atoms with van der Waals surface area (Å²) in [5, 5.41) is 12.1. The summed E-state index contributed by atoms with van der Waals surface area (Å²) in [6.07, 6.45) is 3.25. The number of amides is 1. The van der Waals surface area contributed by atoms with Gasteiger partial charge in [-0.05, 0) is 26.7 Å². The normalized spacial score (nSPS) is 31.5. The maximum Gasteiger partial charge on any atom is 0.236 e. The van der Waals surface area contributed by atoms with E-state index in [-0.39, 0.29) is 23.9 Å². The van der Waals surface area contributed by atoms with Crippen molar-refractivity contribution in [1.82, 2.24) is 4.90 Å². The molecule has 6 nitrogen and oxygen atoms in total. The number of ether oxygens (including phenoxy) is 1. The Bertz CT molecular complexity index is 377. The van der Waals surface area contributed by atoms with E-state index in [2.05, 4.69) is 5.16 Å². The Morgan fingerprint density at radius 3 is 2.63 bits per heavy atom. The maximum atomic E-state index is 12.9. The van der Waals surface area contributed by atoms with Crippen molar-refractivity contribution in [2.75, 3.05) is 13.2 Å². The third-order valence-electron chi connectivity index (χ3n) is 4.33. The van der Waals surface area contributed by atoms with E-state index in [1.807, 2.05) is 18.7 Å². The van der Waals surface area contributed by atoms with Gasteiger partial charge in [0.2, 0.25) is 5.91 Å². The summed E-state index contributed by atoms with van der Waals surface area (Å²) < 4.78 is 5.55. The van der Waals surface area contributed by atoms with Crippen LogP contribution in [0.2, 0.25) is 0 Å². The lowest BCUT2D eigenvalue weighted by Gasteiger charge is -2.41. The molecule has 3 N–H and O–H groups in total. The number of nitrogens with zero attached hydrogens (tertiary/aromatic N) is 2. The molecule has 1 aliphatic carbocycles. The standard InChI is InChI=1S/C13H23N3O3/c1-9-8-19-10(2)7-16(9)12(17)13(11(14)15-18)5-3-4-6-13/h9-10,18H,3-8H2,1-2H3,(H2,14,15). The highest BCUT2D eigenvalue weighted by Crippen LogP contribution is 2.40. The first-order chi connectivity index (χ1) is 9.01. The molecule has 2 rings (SSSR count). The number of carbonyl (C=O) groups excluding carboxylic acids is 1. The van der Waals surface area contributed by atoms with Crippen molar-refractivity contribution in [2.45, 2.75) is 51.7 Å². The van der Waals surface area contributed by atoms with E-state index < -0.39 is 5.41 Å². The average molecular weight is 269 g/mol. The number of carbonyl (C=O) groups is 1. The second-order valence-electron chi connectivity index (χ2n) is 5.72. The lowest BCUT2D eigenvalue weighted by Crippen LogP contribution is -2.57. The van der Waals surface area contributed by atoms with Crippen molar-refractivity contribution in [1.29, 1.82) is 0 Å². The van der Waals surface area contributed by atoms with Gasteiger partial charge < -0.3 is 20.6 Å². The zero-order valence-electron chi connectivity index (χ0n) is 11.6. The van der Waals surface area contributed by atoms with E-state index >= 15 is 0 Å². The number of rotatable bonds is 2. The van der Waals surface area contributed by atoms with Gasteiger partial charge in [-0.2, -0.15) is 0 Å². The van der Waals surface area contributed by atoms with Crippen molar-refractivity contribution in [3.05, 3.63) is 0 Å². The van der Waals surface area contributed by atoms with E-state index in [0.717, 1.165) is 12.8 Å². The molecule has 0 spiro atoms. The predicted octanol–water partition coefficient (Wildman–Crippen LogP) is 0.929. The highest BCUT2D eigenvalue weighted by molar-refractivity contribution is 6.07. The van der Waals surface area contributed by atoms with Gasteiger partial charge in [0.15, 0.2) is 5.84 Å². The minimum Gasteiger partial charge on any atom is -0.409 e. The molecule has 1 amide bonds. The summed E-state index contributed by atoms with van der Waals surface area (Å²) >= 11 is 0. The van der Waals surface area contributed by atoms with Gasteiger partial charge in [-0.3, -0.25) is 4.79 Å². The zero-order valence-corrected chi connectivity index (χ0v) is 11.6. The number of hydrogen-bond acceptors (Lipinski definition) is 4. The van der Waals surface area contributed by atoms with Crippen LogP contribution in [-0.4, -0.2) is 47.1 Å². The average Bonchev–Trinajstić information content (AvgIpc) is 2.90. The summed E-state index contributed by atoms with van der Waals surface area (Å²) in [6.45, 7) is 5.04. The van der Waals surface area contributed by atoms with Crippen LogP contribution in [0, 0.1) is 5.41 Å². The first kappa shape index (κ1) is 14.1. The number of oxime groups is 1. The lowest BCUT2D eigenvalue weighted by molar-refractivity contribution is -0.150. The molecule has 1 aliphatic heterocycles. The van der Waals surface area contributed by atoms with Gasteiger partial charge in [-0.1, -0.05) is 18.0 Å². The highest BCUT2D eigenvalue weighted by atomic mass is 16.5. The molecule has 0 aromatic rings. The van der Waals surface area contributed by atoms with Crippen LogP contribution in [0.4, 0.5) is 0 Å². The fourth-order valence-electron chi connectivity index (χ4n) is 3.11. The molecule has 2 fully saturated rings. The van der Waals surface area contributed by atoms with Gasteiger partial charge in [-0.15, -0.1) is 0 Å². The maximum absolute atomic E-state index is 12.9.